The molecule has 4 heteroatoms. The van der Waals surface area contributed by atoms with E-state index in [0.717, 1.165) is 24.2 Å². The summed E-state index contributed by atoms with van der Waals surface area (Å²) in [7, 11) is 0. The lowest BCUT2D eigenvalue weighted by Crippen LogP contribution is -2.32. The Balaban J connectivity index is 2.84. The summed E-state index contributed by atoms with van der Waals surface area (Å²) < 4.78 is 11.0. The topological polar surface area (TPSA) is 47.6 Å². The van der Waals surface area contributed by atoms with Crippen LogP contribution in [-0.2, 0) is 11.3 Å². The van der Waals surface area contributed by atoms with Gasteiger partial charge in [0.2, 0.25) is 0 Å². The average Bonchev–Trinajstić information content (AvgIpc) is 2.46. The monoisotopic (exact) mass is 293 g/mol. The molecule has 1 aromatic rings. The van der Waals surface area contributed by atoms with Crippen LogP contribution in [0, 0.1) is 0 Å². The molecule has 0 bridgehead atoms. The highest BCUT2D eigenvalue weighted by molar-refractivity contribution is 5.94. The van der Waals surface area contributed by atoms with E-state index in [1.54, 1.807) is 6.07 Å². The quantitative estimate of drug-likeness (QED) is 0.757. The summed E-state index contributed by atoms with van der Waals surface area (Å²) >= 11 is 0. The molecule has 1 amide bonds. The van der Waals surface area contributed by atoms with Crippen LogP contribution >= 0.6 is 0 Å². The number of rotatable bonds is 9. The maximum Gasteiger partial charge on any atom is 0.251 e. The third-order valence-corrected chi connectivity index (χ3v) is 3.18. The molecule has 0 saturated heterocycles. The van der Waals surface area contributed by atoms with Crippen LogP contribution in [0.1, 0.15) is 56.5 Å². The summed E-state index contributed by atoms with van der Waals surface area (Å²) in [5.41, 5.74) is 1.56. The number of benzene rings is 1. The van der Waals surface area contributed by atoms with Crippen LogP contribution in [0.15, 0.2) is 18.2 Å². The number of hydrogen-bond donors (Lipinski definition) is 1. The van der Waals surface area contributed by atoms with Gasteiger partial charge in [-0.05, 0) is 45.4 Å². The molecule has 0 aliphatic heterocycles. The molecule has 1 unspecified atom stereocenters. The predicted molar refractivity (Wildman–Crippen MR) is 84.8 cm³/mol. The number of carbonyl (C=O) groups is 1. The van der Waals surface area contributed by atoms with E-state index in [2.05, 4.69) is 12.2 Å². The second-order valence-electron chi connectivity index (χ2n) is 5.06. The van der Waals surface area contributed by atoms with E-state index in [-0.39, 0.29) is 11.9 Å². The molecule has 0 aromatic heterocycles. The Morgan fingerprint density at radius 3 is 2.62 bits per heavy atom. The van der Waals surface area contributed by atoms with Crippen molar-refractivity contribution < 1.29 is 14.3 Å². The largest absolute Gasteiger partial charge is 0.494 e. The third kappa shape index (κ3) is 5.76. The maximum atomic E-state index is 12.2. The van der Waals surface area contributed by atoms with Gasteiger partial charge in [0, 0.05) is 23.8 Å². The average molecular weight is 293 g/mol. The molecule has 0 fully saturated rings. The third-order valence-electron chi connectivity index (χ3n) is 3.18. The summed E-state index contributed by atoms with van der Waals surface area (Å²) in [4.78, 5) is 12.2. The number of nitrogens with one attached hydrogen (secondary N) is 1. The molecule has 1 atom stereocenters. The Kier molecular flexibility index (Phi) is 7.83. The molecule has 4 nitrogen and oxygen atoms in total. The van der Waals surface area contributed by atoms with E-state index in [9.17, 15) is 4.79 Å². The molecule has 0 saturated carbocycles. The normalized spacial score (nSPS) is 12.0. The summed E-state index contributed by atoms with van der Waals surface area (Å²) in [6.45, 7) is 9.71. The van der Waals surface area contributed by atoms with Gasteiger partial charge >= 0.3 is 0 Å². The fourth-order valence-corrected chi connectivity index (χ4v) is 2.15. The predicted octanol–water partition coefficient (Wildman–Crippen LogP) is 3.54. The first-order valence-electron chi connectivity index (χ1n) is 7.76. The zero-order valence-electron chi connectivity index (χ0n) is 13.6. The van der Waals surface area contributed by atoms with Gasteiger partial charge in [-0.25, -0.2) is 0 Å². The van der Waals surface area contributed by atoms with E-state index in [4.69, 9.17) is 9.47 Å². The van der Waals surface area contributed by atoms with Crippen molar-refractivity contribution in [2.24, 2.45) is 0 Å². The fraction of sp³-hybridized carbons (Fsp3) is 0.588. The van der Waals surface area contributed by atoms with Crippen molar-refractivity contribution in [2.75, 3.05) is 13.2 Å². The van der Waals surface area contributed by atoms with E-state index in [1.807, 2.05) is 32.9 Å². The van der Waals surface area contributed by atoms with E-state index in [0.29, 0.717) is 25.4 Å². The molecule has 1 aromatic carbocycles. The molecule has 21 heavy (non-hydrogen) atoms. The lowest BCUT2D eigenvalue weighted by molar-refractivity contribution is 0.0937. The zero-order valence-corrected chi connectivity index (χ0v) is 13.6. The van der Waals surface area contributed by atoms with Crippen LogP contribution < -0.4 is 10.1 Å². The van der Waals surface area contributed by atoms with Gasteiger partial charge in [0.05, 0.1) is 13.2 Å². The molecule has 1 N–H and O–H groups in total. The number of carbonyl (C=O) groups excluding carboxylic acids is 1. The van der Waals surface area contributed by atoms with Crippen molar-refractivity contribution >= 4 is 5.91 Å². The molecule has 1 rings (SSSR count). The number of hydrogen-bond acceptors (Lipinski definition) is 3. The lowest BCUT2D eigenvalue weighted by atomic mass is 10.1. The molecule has 0 aliphatic carbocycles. The van der Waals surface area contributed by atoms with Crippen LogP contribution in [0.2, 0.25) is 0 Å². The van der Waals surface area contributed by atoms with Crippen molar-refractivity contribution in [3.8, 4) is 5.75 Å². The first-order valence-corrected chi connectivity index (χ1v) is 7.76. The van der Waals surface area contributed by atoms with Crippen LogP contribution in [0.3, 0.4) is 0 Å². The van der Waals surface area contributed by atoms with Gasteiger partial charge in [-0.2, -0.15) is 0 Å². The van der Waals surface area contributed by atoms with Crippen LogP contribution in [-0.4, -0.2) is 25.2 Å². The van der Waals surface area contributed by atoms with Crippen LogP contribution in [0.5, 0.6) is 5.75 Å². The highest BCUT2D eigenvalue weighted by Crippen LogP contribution is 2.21. The molecular formula is C17H27NO3. The van der Waals surface area contributed by atoms with Crippen molar-refractivity contribution in [1.29, 1.82) is 0 Å². The SMILES string of the molecule is CCCC(C)NC(=O)c1ccc(OCC)c(COCC)c1. The minimum atomic E-state index is -0.0447. The van der Waals surface area contributed by atoms with E-state index < -0.39 is 0 Å². The first kappa shape index (κ1) is 17.5. The Bertz CT molecular complexity index is 446. The minimum Gasteiger partial charge on any atom is -0.494 e. The fourth-order valence-electron chi connectivity index (χ4n) is 2.15. The maximum absolute atomic E-state index is 12.2. The van der Waals surface area contributed by atoms with Gasteiger partial charge in [-0.15, -0.1) is 0 Å². The van der Waals surface area contributed by atoms with E-state index >= 15 is 0 Å². The van der Waals surface area contributed by atoms with Gasteiger partial charge in [-0.1, -0.05) is 13.3 Å². The molecule has 118 valence electrons. The van der Waals surface area contributed by atoms with Crippen molar-refractivity contribution in [3.05, 3.63) is 29.3 Å². The van der Waals surface area contributed by atoms with Crippen LogP contribution in [0.25, 0.3) is 0 Å². The summed E-state index contributed by atoms with van der Waals surface area (Å²) in [6.07, 6.45) is 2.04. The lowest BCUT2D eigenvalue weighted by Gasteiger charge is -2.15. The molecule has 0 aliphatic rings. The number of amides is 1. The second-order valence-corrected chi connectivity index (χ2v) is 5.06. The van der Waals surface area contributed by atoms with Crippen molar-refractivity contribution in [1.82, 2.24) is 5.32 Å². The smallest absolute Gasteiger partial charge is 0.251 e. The van der Waals surface area contributed by atoms with Crippen LogP contribution in [0.4, 0.5) is 0 Å². The van der Waals surface area contributed by atoms with Gasteiger partial charge in [0.15, 0.2) is 0 Å². The Hall–Kier alpha value is -1.55. The van der Waals surface area contributed by atoms with Crippen molar-refractivity contribution in [2.45, 2.75) is 53.2 Å². The zero-order chi connectivity index (χ0) is 15.7. The number of ether oxygens (including phenoxy) is 2. The highest BCUT2D eigenvalue weighted by Gasteiger charge is 2.12. The molecule has 0 radical (unpaired) electrons. The van der Waals surface area contributed by atoms with Crippen molar-refractivity contribution in [3.63, 3.8) is 0 Å². The molecular weight excluding hydrogens is 266 g/mol. The van der Waals surface area contributed by atoms with Gasteiger partial charge in [0.1, 0.15) is 5.75 Å². The molecule has 0 heterocycles. The van der Waals surface area contributed by atoms with Gasteiger partial charge in [0.25, 0.3) is 5.91 Å². The summed E-state index contributed by atoms with van der Waals surface area (Å²) in [6, 6.07) is 5.68. The van der Waals surface area contributed by atoms with E-state index in [1.165, 1.54) is 0 Å². The summed E-state index contributed by atoms with van der Waals surface area (Å²) in [5.74, 6) is 0.737. The van der Waals surface area contributed by atoms with Gasteiger partial charge in [-0.3, -0.25) is 4.79 Å². The molecule has 0 spiro atoms. The minimum absolute atomic E-state index is 0.0447. The highest BCUT2D eigenvalue weighted by atomic mass is 16.5. The Morgan fingerprint density at radius 2 is 2.00 bits per heavy atom. The summed E-state index contributed by atoms with van der Waals surface area (Å²) in [5, 5.41) is 3.01. The second kappa shape index (κ2) is 9.40. The Morgan fingerprint density at radius 1 is 1.24 bits per heavy atom. The first-order chi connectivity index (χ1) is 10.1. The Labute approximate surface area is 127 Å². The standard InChI is InChI=1S/C17H27NO3/c1-5-8-13(4)18-17(19)14-9-10-16(21-7-3)15(11-14)12-20-6-2/h9-11,13H,5-8,12H2,1-4H3,(H,18,19). The van der Waals surface area contributed by atoms with Gasteiger partial charge < -0.3 is 14.8 Å².